The first-order valence-corrected chi connectivity index (χ1v) is 8.94. The summed E-state index contributed by atoms with van der Waals surface area (Å²) in [5.41, 5.74) is 1.23. The van der Waals surface area contributed by atoms with Crippen LogP contribution in [0.5, 0.6) is 11.5 Å². The van der Waals surface area contributed by atoms with E-state index in [9.17, 15) is 0 Å². The average molecular weight is 344 g/mol. The Kier molecular flexibility index (Phi) is 5.94. The minimum absolute atomic E-state index is 0.274. The first-order chi connectivity index (χ1) is 12.2. The Hall–Kier alpha value is -2.05. The molecule has 2 aromatic rings. The topological polar surface area (TPSA) is 51.5 Å². The number of nitrogens with zero attached hydrogens (tertiary/aromatic N) is 3. The number of rotatable bonds is 7. The third kappa shape index (κ3) is 4.14. The fourth-order valence-electron chi connectivity index (χ4n) is 3.27. The molecule has 1 N–H and O–H groups in total. The van der Waals surface area contributed by atoms with Crippen molar-refractivity contribution in [1.29, 1.82) is 0 Å². The van der Waals surface area contributed by atoms with Crippen molar-refractivity contribution in [1.82, 2.24) is 19.8 Å². The Morgan fingerprint density at radius 3 is 2.92 bits per heavy atom. The Morgan fingerprint density at radius 2 is 2.20 bits per heavy atom. The van der Waals surface area contributed by atoms with Crippen molar-refractivity contribution in [2.45, 2.75) is 25.9 Å². The van der Waals surface area contributed by atoms with E-state index in [2.05, 4.69) is 45.9 Å². The SMILES string of the molecule is CCCOc1cc(CN2CCNCC2c2nccn2C)ccc1OC. The number of imidazole rings is 1. The number of hydrogen-bond acceptors (Lipinski definition) is 5. The first kappa shape index (κ1) is 17.8. The van der Waals surface area contributed by atoms with Crippen LogP contribution in [0.1, 0.15) is 30.8 Å². The summed E-state index contributed by atoms with van der Waals surface area (Å²) >= 11 is 0. The minimum Gasteiger partial charge on any atom is -0.493 e. The van der Waals surface area contributed by atoms with Crippen molar-refractivity contribution in [3.05, 3.63) is 42.0 Å². The molecule has 1 unspecified atom stereocenters. The summed E-state index contributed by atoms with van der Waals surface area (Å²) < 4.78 is 13.4. The van der Waals surface area contributed by atoms with E-state index < -0.39 is 0 Å². The van der Waals surface area contributed by atoms with E-state index in [1.165, 1.54) is 5.56 Å². The second-order valence-electron chi connectivity index (χ2n) is 6.42. The normalized spacial score (nSPS) is 18.3. The van der Waals surface area contributed by atoms with Gasteiger partial charge >= 0.3 is 0 Å². The Balaban J connectivity index is 1.78. The van der Waals surface area contributed by atoms with Gasteiger partial charge in [0, 0.05) is 45.6 Å². The standard InChI is InChI=1S/C19H28N4O2/c1-4-11-25-18-12-15(5-6-17(18)24-3)14-23-10-7-20-13-16(23)19-21-8-9-22(19)2/h5-6,8-9,12,16,20H,4,7,10-11,13-14H2,1-3H3. The van der Waals surface area contributed by atoms with Gasteiger partial charge in [-0.05, 0) is 24.1 Å². The summed E-state index contributed by atoms with van der Waals surface area (Å²) in [6, 6.07) is 6.50. The van der Waals surface area contributed by atoms with Crippen molar-refractivity contribution in [3.8, 4) is 11.5 Å². The third-order valence-electron chi connectivity index (χ3n) is 4.59. The third-order valence-corrected chi connectivity index (χ3v) is 4.59. The van der Waals surface area contributed by atoms with Gasteiger partial charge in [-0.1, -0.05) is 13.0 Å². The molecule has 1 aliphatic heterocycles. The van der Waals surface area contributed by atoms with E-state index in [1.54, 1.807) is 7.11 Å². The van der Waals surface area contributed by atoms with Gasteiger partial charge in [0.2, 0.25) is 0 Å². The maximum absolute atomic E-state index is 5.85. The number of piperazine rings is 1. The molecule has 0 radical (unpaired) electrons. The zero-order valence-corrected chi connectivity index (χ0v) is 15.4. The van der Waals surface area contributed by atoms with Gasteiger partial charge in [-0.2, -0.15) is 0 Å². The smallest absolute Gasteiger partial charge is 0.161 e. The molecule has 2 heterocycles. The van der Waals surface area contributed by atoms with Gasteiger partial charge in [-0.25, -0.2) is 4.98 Å². The van der Waals surface area contributed by atoms with E-state index in [0.717, 1.165) is 49.9 Å². The number of methoxy groups -OCH3 is 1. The maximum atomic E-state index is 5.85. The maximum Gasteiger partial charge on any atom is 0.161 e. The highest BCUT2D eigenvalue weighted by molar-refractivity contribution is 5.43. The molecule has 6 heteroatoms. The van der Waals surface area contributed by atoms with Crippen LogP contribution in [-0.4, -0.2) is 47.8 Å². The lowest BCUT2D eigenvalue weighted by atomic mass is 10.1. The van der Waals surface area contributed by atoms with Crippen molar-refractivity contribution >= 4 is 0 Å². The van der Waals surface area contributed by atoms with Gasteiger partial charge in [0.05, 0.1) is 19.8 Å². The molecule has 1 atom stereocenters. The van der Waals surface area contributed by atoms with Crippen molar-refractivity contribution in [3.63, 3.8) is 0 Å². The molecule has 1 aromatic carbocycles. The highest BCUT2D eigenvalue weighted by Gasteiger charge is 2.26. The second-order valence-corrected chi connectivity index (χ2v) is 6.42. The molecule has 1 fully saturated rings. The van der Waals surface area contributed by atoms with Crippen molar-refractivity contribution in [2.24, 2.45) is 7.05 Å². The van der Waals surface area contributed by atoms with Crippen LogP contribution in [0, 0.1) is 0 Å². The molecule has 0 amide bonds. The zero-order chi connectivity index (χ0) is 17.6. The molecule has 0 aliphatic carbocycles. The van der Waals surface area contributed by atoms with Gasteiger partial charge in [-0.15, -0.1) is 0 Å². The monoisotopic (exact) mass is 344 g/mol. The number of benzene rings is 1. The summed E-state index contributed by atoms with van der Waals surface area (Å²) in [6.45, 7) is 6.58. The van der Waals surface area contributed by atoms with Gasteiger partial charge in [0.1, 0.15) is 5.82 Å². The number of nitrogens with one attached hydrogen (secondary N) is 1. The highest BCUT2D eigenvalue weighted by atomic mass is 16.5. The lowest BCUT2D eigenvalue weighted by Crippen LogP contribution is -2.46. The molecule has 1 aliphatic rings. The Labute approximate surface area is 149 Å². The van der Waals surface area contributed by atoms with E-state index in [0.29, 0.717) is 6.61 Å². The van der Waals surface area contributed by atoms with Crippen LogP contribution in [0.4, 0.5) is 0 Å². The largest absolute Gasteiger partial charge is 0.493 e. The fourth-order valence-corrected chi connectivity index (χ4v) is 3.27. The number of hydrogen-bond donors (Lipinski definition) is 1. The molecule has 3 rings (SSSR count). The van der Waals surface area contributed by atoms with E-state index in [1.807, 2.05) is 18.5 Å². The van der Waals surface area contributed by atoms with Crippen LogP contribution >= 0.6 is 0 Å². The van der Waals surface area contributed by atoms with E-state index in [-0.39, 0.29) is 6.04 Å². The lowest BCUT2D eigenvalue weighted by Gasteiger charge is -2.35. The quantitative estimate of drug-likeness (QED) is 0.836. The summed E-state index contributed by atoms with van der Waals surface area (Å²) in [7, 11) is 3.74. The summed E-state index contributed by atoms with van der Waals surface area (Å²) in [4.78, 5) is 7.03. The van der Waals surface area contributed by atoms with E-state index in [4.69, 9.17) is 9.47 Å². The van der Waals surface area contributed by atoms with Crippen LogP contribution < -0.4 is 14.8 Å². The minimum atomic E-state index is 0.274. The van der Waals surface area contributed by atoms with Crippen LogP contribution in [0.15, 0.2) is 30.6 Å². The predicted molar refractivity (Wildman–Crippen MR) is 98.0 cm³/mol. The van der Waals surface area contributed by atoms with Crippen LogP contribution in [0.2, 0.25) is 0 Å². The average Bonchev–Trinajstić information content (AvgIpc) is 3.06. The van der Waals surface area contributed by atoms with Crippen molar-refractivity contribution in [2.75, 3.05) is 33.4 Å². The van der Waals surface area contributed by atoms with Crippen LogP contribution in [0.25, 0.3) is 0 Å². The first-order valence-electron chi connectivity index (χ1n) is 8.94. The Bertz CT molecular complexity index is 686. The molecule has 1 aromatic heterocycles. The molecular formula is C19H28N4O2. The molecule has 0 saturated carbocycles. The second kappa shape index (κ2) is 8.36. The van der Waals surface area contributed by atoms with Gasteiger partial charge in [0.25, 0.3) is 0 Å². The van der Waals surface area contributed by atoms with Gasteiger partial charge in [-0.3, -0.25) is 4.90 Å². The molecule has 0 spiro atoms. The highest BCUT2D eigenvalue weighted by Crippen LogP contribution is 2.30. The lowest BCUT2D eigenvalue weighted by molar-refractivity contribution is 0.144. The summed E-state index contributed by atoms with van der Waals surface area (Å²) in [6.07, 6.45) is 4.85. The predicted octanol–water partition coefficient (Wildman–Crippen LogP) is 2.36. The number of ether oxygens (including phenoxy) is 2. The Morgan fingerprint density at radius 1 is 1.32 bits per heavy atom. The van der Waals surface area contributed by atoms with Gasteiger partial charge < -0.3 is 19.4 Å². The molecule has 25 heavy (non-hydrogen) atoms. The fraction of sp³-hybridized carbons (Fsp3) is 0.526. The van der Waals surface area contributed by atoms with Crippen LogP contribution in [0.3, 0.4) is 0 Å². The molecule has 0 bridgehead atoms. The number of aromatic nitrogens is 2. The summed E-state index contributed by atoms with van der Waals surface area (Å²) in [5, 5.41) is 3.48. The molecule has 1 saturated heterocycles. The van der Waals surface area contributed by atoms with Gasteiger partial charge in [0.15, 0.2) is 11.5 Å². The number of aryl methyl sites for hydroxylation is 1. The molecule has 6 nitrogen and oxygen atoms in total. The van der Waals surface area contributed by atoms with Crippen LogP contribution in [-0.2, 0) is 13.6 Å². The van der Waals surface area contributed by atoms with Crippen molar-refractivity contribution < 1.29 is 9.47 Å². The summed E-state index contributed by atoms with van der Waals surface area (Å²) in [5.74, 6) is 2.71. The molecule has 136 valence electrons. The van der Waals surface area contributed by atoms with E-state index >= 15 is 0 Å². The molecular weight excluding hydrogens is 316 g/mol. The zero-order valence-electron chi connectivity index (χ0n) is 15.4.